The van der Waals surface area contributed by atoms with Gasteiger partial charge in [-0.15, -0.1) is 0 Å². The van der Waals surface area contributed by atoms with Crippen molar-refractivity contribution in [3.8, 4) is 0 Å². The third-order valence-electron chi connectivity index (χ3n) is 2.65. The van der Waals surface area contributed by atoms with Gasteiger partial charge in [-0.3, -0.25) is 0 Å². The zero-order chi connectivity index (χ0) is 12.3. The van der Waals surface area contributed by atoms with E-state index in [1.165, 1.54) is 12.2 Å². The number of imidazole rings is 1. The van der Waals surface area contributed by atoms with E-state index in [1.807, 2.05) is 6.20 Å². The Morgan fingerprint density at radius 1 is 1.24 bits per heavy atom. The van der Waals surface area contributed by atoms with Crippen LogP contribution in [0.4, 0.5) is 0 Å². The molecule has 3 heteroatoms. The standard InChI is InChI=1S/C14H25N3/c1-3-9-15-10-7-5-6-8-14-16-11-13-17(14)12-4-2/h5-6,11,13,15H,3-4,7-10,12H2,1-2H3. The van der Waals surface area contributed by atoms with Crippen molar-refractivity contribution >= 4 is 0 Å². The fraction of sp³-hybridized carbons (Fsp3) is 0.643. The summed E-state index contributed by atoms with van der Waals surface area (Å²) >= 11 is 0. The summed E-state index contributed by atoms with van der Waals surface area (Å²) in [4.78, 5) is 4.38. The van der Waals surface area contributed by atoms with Gasteiger partial charge in [-0.1, -0.05) is 26.0 Å². The van der Waals surface area contributed by atoms with Crippen LogP contribution in [0.15, 0.2) is 24.5 Å². The van der Waals surface area contributed by atoms with Gasteiger partial charge in [0.2, 0.25) is 0 Å². The van der Waals surface area contributed by atoms with E-state index in [4.69, 9.17) is 0 Å². The molecule has 1 rings (SSSR count). The molecule has 1 aromatic rings. The Labute approximate surface area is 105 Å². The van der Waals surface area contributed by atoms with Crippen LogP contribution in [0.25, 0.3) is 0 Å². The maximum absolute atomic E-state index is 4.38. The van der Waals surface area contributed by atoms with Crippen LogP contribution < -0.4 is 5.32 Å². The largest absolute Gasteiger partial charge is 0.335 e. The summed E-state index contributed by atoms with van der Waals surface area (Å²) in [6.07, 6.45) is 12.8. The van der Waals surface area contributed by atoms with Gasteiger partial charge in [0.25, 0.3) is 0 Å². The van der Waals surface area contributed by atoms with Gasteiger partial charge in [-0.05, 0) is 32.4 Å². The van der Waals surface area contributed by atoms with E-state index in [0.29, 0.717) is 0 Å². The number of nitrogens with zero attached hydrogens (tertiary/aromatic N) is 2. The van der Waals surface area contributed by atoms with Crippen molar-refractivity contribution in [3.63, 3.8) is 0 Å². The molecule has 3 nitrogen and oxygen atoms in total. The van der Waals surface area contributed by atoms with Crippen LogP contribution in [0.2, 0.25) is 0 Å². The van der Waals surface area contributed by atoms with Crippen LogP contribution in [-0.2, 0) is 13.0 Å². The van der Waals surface area contributed by atoms with Gasteiger partial charge in [-0.2, -0.15) is 0 Å². The highest BCUT2D eigenvalue weighted by molar-refractivity contribution is 4.99. The Kier molecular flexibility index (Phi) is 7.39. The average molecular weight is 235 g/mol. The maximum Gasteiger partial charge on any atom is 0.112 e. The van der Waals surface area contributed by atoms with E-state index < -0.39 is 0 Å². The van der Waals surface area contributed by atoms with Gasteiger partial charge in [-0.25, -0.2) is 4.98 Å². The minimum Gasteiger partial charge on any atom is -0.335 e. The zero-order valence-corrected chi connectivity index (χ0v) is 11.2. The van der Waals surface area contributed by atoms with Gasteiger partial charge in [0.1, 0.15) is 5.82 Å². The second-order valence-corrected chi connectivity index (χ2v) is 4.25. The van der Waals surface area contributed by atoms with Gasteiger partial charge in [0.05, 0.1) is 0 Å². The SMILES string of the molecule is CCCNCCC=CCc1nccn1CCC. The number of hydrogen-bond donors (Lipinski definition) is 1. The minimum atomic E-state index is 0.945. The lowest BCUT2D eigenvalue weighted by atomic mass is 10.3. The van der Waals surface area contributed by atoms with Crippen molar-refractivity contribution < 1.29 is 0 Å². The molecular weight excluding hydrogens is 210 g/mol. The summed E-state index contributed by atoms with van der Waals surface area (Å²) in [5.74, 6) is 1.17. The third-order valence-corrected chi connectivity index (χ3v) is 2.65. The smallest absolute Gasteiger partial charge is 0.112 e. The van der Waals surface area contributed by atoms with Crippen molar-refractivity contribution in [2.75, 3.05) is 13.1 Å². The number of nitrogens with one attached hydrogen (secondary N) is 1. The maximum atomic E-state index is 4.38. The fourth-order valence-electron chi connectivity index (χ4n) is 1.77. The monoisotopic (exact) mass is 235 g/mol. The predicted molar refractivity (Wildman–Crippen MR) is 73.1 cm³/mol. The molecule has 0 saturated carbocycles. The van der Waals surface area contributed by atoms with Crippen molar-refractivity contribution in [3.05, 3.63) is 30.4 Å². The lowest BCUT2D eigenvalue weighted by Crippen LogP contribution is -2.15. The van der Waals surface area contributed by atoms with Crippen LogP contribution in [0, 0.1) is 0 Å². The van der Waals surface area contributed by atoms with Crippen LogP contribution in [-0.4, -0.2) is 22.6 Å². The summed E-state index contributed by atoms with van der Waals surface area (Å²) in [5, 5.41) is 3.39. The van der Waals surface area contributed by atoms with Crippen LogP contribution in [0.5, 0.6) is 0 Å². The van der Waals surface area contributed by atoms with E-state index in [-0.39, 0.29) is 0 Å². The number of aryl methyl sites for hydroxylation is 1. The molecule has 0 atom stereocenters. The minimum absolute atomic E-state index is 0.945. The molecule has 0 bridgehead atoms. The van der Waals surface area contributed by atoms with Crippen LogP contribution in [0.3, 0.4) is 0 Å². The normalized spacial score (nSPS) is 11.4. The Morgan fingerprint density at radius 3 is 2.88 bits per heavy atom. The van der Waals surface area contributed by atoms with Gasteiger partial charge < -0.3 is 9.88 Å². The van der Waals surface area contributed by atoms with Crippen molar-refractivity contribution in [1.82, 2.24) is 14.9 Å². The number of aromatic nitrogens is 2. The summed E-state index contributed by atoms with van der Waals surface area (Å²) in [6, 6.07) is 0. The molecular formula is C14H25N3. The summed E-state index contributed by atoms with van der Waals surface area (Å²) < 4.78 is 2.24. The fourth-order valence-corrected chi connectivity index (χ4v) is 1.77. The Morgan fingerprint density at radius 2 is 2.12 bits per heavy atom. The van der Waals surface area contributed by atoms with Crippen LogP contribution >= 0.6 is 0 Å². The molecule has 1 heterocycles. The van der Waals surface area contributed by atoms with Gasteiger partial charge >= 0.3 is 0 Å². The van der Waals surface area contributed by atoms with Crippen molar-refractivity contribution in [2.24, 2.45) is 0 Å². The first-order chi connectivity index (χ1) is 8.38. The van der Waals surface area contributed by atoms with E-state index >= 15 is 0 Å². The predicted octanol–water partition coefficient (Wildman–Crippen LogP) is 2.78. The quantitative estimate of drug-likeness (QED) is 0.527. The average Bonchev–Trinajstić information content (AvgIpc) is 2.76. The second-order valence-electron chi connectivity index (χ2n) is 4.25. The second kappa shape index (κ2) is 8.99. The van der Waals surface area contributed by atoms with E-state index in [2.05, 4.69) is 47.1 Å². The summed E-state index contributed by atoms with van der Waals surface area (Å²) in [6.45, 7) is 7.65. The Bertz CT molecular complexity index is 315. The first kappa shape index (κ1) is 14.0. The van der Waals surface area contributed by atoms with E-state index in [0.717, 1.165) is 38.9 Å². The summed E-state index contributed by atoms with van der Waals surface area (Å²) in [7, 11) is 0. The molecule has 1 N–H and O–H groups in total. The third kappa shape index (κ3) is 5.68. The molecule has 17 heavy (non-hydrogen) atoms. The Balaban J connectivity index is 2.20. The molecule has 0 aliphatic heterocycles. The van der Waals surface area contributed by atoms with Crippen molar-refractivity contribution in [1.29, 1.82) is 0 Å². The number of allylic oxidation sites excluding steroid dienone is 1. The highest BCUT2D eigenvalue weighted by atomic mass is 15.1. The van der Waals surface area contributed by atoms with Crippen LogP contribution in [0.1, 0.15) is 38.9 Å². The first-order valence-corrected chi connectivity index (χ1v) is 6.74. The lowest BCUT2D eigenvalue weighted by Gasteiger charge is -2.03. The van der Waals surface area contributed by atoms with E-state index in [1.54, 1.807) is 0 Å². The highest BCUT2D eigenvalue weighted by Crippen LogP contribution is 2.01. The molecule has 0 amide bonds. The number of rotatable bonds is 9. The molecule has 1 aromatic heterocycles. The first-order valence-electron chi connectivity index (χ1n) is 6.74. The zero-order valence-electron chi connectivity index (χ0n) is 11.2. The molecule has 0 radical (unpaired) electrons. The number of hydrogen-bond acceptors (Lipinski definition) is 2. The Hall–Kier alpha value is -1.09. The van der Waals surface area contributed by atoms with E-state index in [9.17, 15) is 0 Å². The van der Waals surface area contributed by atoms with Gasteiger partial charge in [0, 0.05) is 25.4 Å². The molecule has 0 saturated heterocycles. The topological polar surface area (TPSA) is 29.9 Å². The molecule has 0 unspecified atom stereocenters. The molecule has 0 aliphatic carbocycles. The molecule has 0 fully saturated rings. The molecule has 0 spiro atoms. The lowest BCUT2D eigenvalue weighted by molar-refractivity contribution is 0.648. The molecule has 96 valence electrons. The van der Waals surface area contributed by atoms with Gasteiger partial charge in [0.15, 0.2) is 0 Å². The molecule has 0 aliphatic rings. The summed E-state index contributed by atoms with van der Waals surface area (Å²) in [5.41, 5.74) is 0. The highest BCUT2D eigenvalue weighted by Gasteiger charge is 1.98. The van der Waals surface area contributed by atoms with Crippen molar-refractivity contribution in [2.45, 2.75) is 46.1 Å². The molecule has 0 aromatic carbocycles.